The van der Waals surface area contributed by atoms with Gasteiger partial charge in [0.05, 0.1) is 5.69 Å². The second kappa shape index (κ2) is 4.68. The lowest BCUT2D eigenvalue weighted by Gasteiger charge is -2.34. The first-order valence-corrected chi connectivity index (χ1v) is 6.92. The Bertz CT molecular complexity index is 782. The van der Waals surface area contributed by atoms with Crippen LogP contribution in [-0.4, -0.2) is 21.8 Å². The van der Waals surface area contributed by atoms with E-state index in [4.69, 9.17) is 17.2 Å². The molecular weight excluding hydrogens is 282 g/mol. The normalized spacial score (nSPS) is 16.0. The number of hydrazine groups is 1. The minimum absolute atomic E-state index is 0.446. The highest BCUT2D eigenvalue weighted by Crippen LogP contribution is 2.28. The highest BCUT2D eigenvalue weighted by atomic mass is 32.1. The number of nitrogens with one attached hydrogen (secondary N) is 2. The van der Waals surface area contributed by atoms with Gasteiger partial charge in [0.1, 0.15) is 0 Å². The third kappa shape index (κ3) is 1.96. The molecule has 2 N–H and O–H groups in total. The molecule has 2 aliphatic rings. The van der Waals surface area contributed by atoms with Crippen molar-refractivity contribution >= 4 is 34.7 Å². The first-order chi connectivity index (χ1) is 10.3. The van der Waals surface area contributed by atoms with Crippen LogP contribution in [0.3, 0.4) is 0 Å². The van der Waals surface area contributed by atoms with Gasteiger partial charge in [-0.25, -0.2) is 10.0 Å². The minimum atomic E-state index is 0.446. The Labute approximate surface area is 127 Å². The monoisotopic (exact) mass is 293 g/mol. The summed E-state index contributed by atoms with van der Waals surface area (Å²) in [6.07, 6.45) is 0. The Balaban J connectivity index is 1.94. The molecule has 0 atom stereocenters. The number of benzene rings is 2. The summed E-state index contributed by atoms with van der Waals surface area (Å²) in [6, 6.07) is 17.9. The van der Waals surface area contributed by atoms with Crippen molar-refractivity contribution < 1.29 is 0 Å². The maximum Gasteiger partial charge on any atom is 0.206 e. The Hall–Kier alpha value is -2.73. The molecule has 102 valence electrons. The molecule has 0 fully saturated rings. The van der Waals surface area contributed by atoms with E-state index in [1.165, 1.54) is 0 Å². The summed E-state index contributed by atoms with van der Waals surface area (Å²) in [4.78, 5) is 4.75. The van der Waals surface area contributed by atoms with Gasteiger partial charge in [0, 0.05) is 11.1 Å². The molecule has 2 aromatic carbocycles. The quantitative estimate of drug-likeness (QED) is 0.791. The Morgan fingerprint density at radius 1 is 0.905 bits per heavy atom. The maximum absolute atomic E-state index is 5.15. The van der Waals surface area contributed by atoms with Crippen molar-refractivity contribution in [1.29, 1.82) is 0 Å². The second-order valence-electron chi connectivity index (χ2n) is 4.64. The predicted molar refractivity (Wildman–Crippen MR) is 86.3 cm³/mol. The van der Waals surface area contributed by atoms with Gasteiger partial charge >= 0.3 is 0 Å². The highest BCUT2D eigenvalue weighted by molar-refractivity contribution is 7.80. The van der Waals surface area contributed by atoms with Crippen LogP contribution in [0.2, 0.25) is 0 Å². The molecule has 0 amide bonds. The smallest absolute Gasteiger partial charge is 0.206 e. The molecule has 21 heavy (non-hydrogen) atoms. The lowest BCUT2D eigenvalue weighted by atomic mass is 10.1. The zero-order valence-electron chi connectivity index (χ0n) is 10.9. The van der Waals surface area contributed by atoms with E-state index >= 15 is 0 Å². The van der Waals surface area contributed by atoms with Gasteiger partial charge in [0.2, 0.25) is 5.11 Å². The van der Waals surface area contributed by atoms with E-state index in [0.29, 0.717) is 5.11 Å². The van der Waals surface area contributed by atoms with Crippen LogP contribution < -0.4 is 10.9 Å². The lowest BCUT2D eigenvalue weighted by Crippen LogP contribution is -2.57. The average Bonchev–Trinajstić information content (AvgIpc) is 2.54. The van der Waals surface area contributed by atoms with Crippen LogP contribution >= 0.6 is 12.2 Å². The Kier molecular flexibility index (Phi) is 2.68. The molecule has 0 saturated heterocycles. The third-order valence-corrected chi connectivity index (χ3v) is 3.49. The molecule has 5 nitrogen and oxygen atoms in total. The number of amidine groups is 2. The van der Waals surface area contributed by atoms with Gasteiger partial charge in [-0.1, -0.05) is 42.5 Å². The standard InChI is InChI=1S/C15H11N5S/c21-15-18-17-14-11-8-4-5-9-12(11)16-13(20(14)19-15)10-6-2-1-3-7-10/h1-9H,(H2,18,19,21). The van der Waals surface area contributed by atoms with Crippen molar-refractivity contribution in [3.05, 3.63) is 65.7 Å². The number of hydrogen-bond acceptors (Lipinski definition) is 4. The molecule has 0 aliphatic carbocycles. The van der Waals surface area contributed by atoms with Crippen LogP contribution in [0.25, 0.3) is 0 Å². The number of hydrogen-bond donors (Lipinski definition) is 2. The number of nitrogens with zero attached hydrogens (tertiary/aromatic N) is 3. The van der Waals surface area contributed by atoms with Crippen LogP contribution in [0.15, 0.2) is 64.7 Å². The minimum Gasteiger partial charge on any atom is -0.265 e. The van der Waals surface area contributed by atoms with Crippen LogP contribution in [0, 0.1) is 0 Å². The summed E-state index contributed by atoms with van der Waals surface area (Å²) >= 11 is 5.15. The summed E-state index contributed by atoms with van der Waals surface area (Å²) in [5.74, 6) is 1.53. The van der Waals surface area contributed by atoms with E-state index in [1.54, 1.807) is 0 Å². The molecule has 2 heterocycles. The fourth-order valence-electron chi connectivity index (χ4n) is 2.37. The fraction of sp³-hybridized carbons (Fsp3) is 0. The van der Waals surface area contributed by atoms with Gasteiger partial charge in [-0.05, 0) is 24.4 Å². The second-order valence-corrected chi connectivity index (χ2v) is 5.05. The Morgan fingerprint density at radius 2 is 1.67 bits per heavy atom. The van der Waals surface area contributed by atoms with Gasteiger partial charge in [-0.3, -0.25) is 10.9 Å². The zero-order chi connectivity index (χ0) is 14.2. The number of thiocarbonyl (C=S) groups is 1. The summed E-state index contributed by atoms with van der Waals surface area (Å²) in [5.41, 5.74) is 8.75. The first-order valence-electron chi connectivity index (χ1n) is 6.51. The van der Waals surface area contributed by atoms with Gasteiger partial charge in [-0.2, -0.15) is 5.10 Å². The summed E-state index contributed by atoms with van der Waals surface area (Å²) in [5, 5.41) is 6.62. The SMILES string of the molecule is S=C1NN=C2c3ccccc3N=C(c3ccccc3)N2N1. The number of hydrazone groups is 1. The van der Waals surface area contributed by atoms with Crippen molar-refractivity contribution in [1.82, 2.24) is 15.9 Å². The molecule has 6 heteroatoms. The predicted octanol–water partition coefficient (Wildman–Crippen LogP) is 2.13. The van der Waals surface area contributed by atoms with Crippen molar-refractivity contribution in [3.8, 4) is 0 Å². The number of fused-ring (bicyclic) bond motifs is 3. The number of para-hydroxylation sites is 1. The van der Waals surface area contributed by atoms with Crippen LogP contribution in [0.5, 0.6) is 0 Å². The summed E-state index contributed by atoms with van der Waals surface area (Å²) in [7, 11) is 0. The average molecular weight is 293 g/mol. The molecule has 0 radical (unpaired) electrons. The van der Waals surface area contributed by atoms with E-state index in [9.17, 15) is 0 Å². The molecule has 2 aliphatic heterocycles. The molecule has 4 rings (SSSR count). The lowest BCUT2D eigenvalue weighted by molar-refractivity contribution is 0.523. The molecule has 0 spiro atoms. The van der Waals surface area contributed by atoms with Gasteiger partial charge in [-0.15, -0.1) is 0 Å². The van der Waals surface area contributed by atoms with E-state index in [2.05, 4.69) is 16.0 Å². The van der Waals surface area contributed by atoms with E-state index in [-0.39, 0.29) is 0 Å². The number of aliphatic imine (C=N–C) groups is 1. The molecule has 2 aromatic rings. The topological polar surface area (TPSA) is 52.0 Å². The molecule has 0 saturated carbocycles. The van der Waals surface area contributed by atoms with Crippen molar-refractivity contribution in [2.45, 2.75) is 0 Å². The third-order valence-electron chi connectivity index (χ3n) is 3.30. The van der Waals surface area contributed by atoms with Crippen molar-refractivity contribution in [2.24, 2.45) is 10.1 Å². The van der Waals surface area contributed by atoms with Crippen LogP contribution in [-0.2, 0) is 0 Å². The van der Waals surface area contributed by atoms with E-state index < -0.39 is 0 Å². The van der Waals surface area contributed by atoms with E-state index in [0.717, 1.165) is 28.5 Å². The zero-order valence-corrected chi connectivity index (χ0v) is 11.8. The van der Waals surface area contributed by atoms with Gasteiger partial charge < -0.3 is 0 Å². The summed E-state index contributed by atoms with van der Waals surface area (Å²) < 4.78 is 0. The summed E-state index contributed by atoms with van der Waals surface area (Å²) in [6.45, 7) is 0. The van der Waals surface area contributed by atoms with Crippen molar-refractivity contribution in [2.75, 3.05) is 0 Å². The molecular formula is C15H11N5S. The van der Waals surface area contributed by atoms with Crippen LogP contribution in [0.4, 0.5) is 5.69 Å². The fourth-order valence-corrected chi connectivity index (χ4v) is 2.51. The molecule has 0 unspecified atom stereocenters. The maximum atomic E-state index is 5.15. The molecule has 0 bridgehead atoms. The van der Waals surface area contributed by atoms with Gasteiger partial charge in [0.25, 0.3) is 0 Å². The van der Waals surface area contributed by atoms with Crippen LogP contribution in [0.1, 0.15) is 11.1 Å². The highest BCUT2D eigenvalue weighted by Gasteiger charge is 2.30. The largest absolute Gasteiger partial charge is 0.265 e. The molecule has 0 aromatic heterocycles. The first kappa shape index (κ1) is 12.0. The van der Waals surface area contributed by atoms with E-state index in [1.807, 2.05) is 59.6 Å². The number of rotatable bonds is 1. The Morgan fingerprint density at radius 3 is 2.52 bits per heavy atom. The van der Waals surface area contributed by atoms with Gasteiger partial charge in [0.15, 0.2) is 11.7 Å². The van der Waals surface area contributed by atoms with Crippen molar-refractivity contribution in [3.63, 3.8) is 0 Å².